The first kappa shape index (κ1) is 23.3. The Kier molecular flexibility index (Phi) is 5.56. The summed E-state index contributed by atoms with van der Waals surface area (Å²) in [5, 5.41) is 14.9. The summed E-state index contributed by atoms with van der Waals surface area (Å²) in [5.41, 5.74) is 2.30. The fourth-order valence-corrected chi connectivity index (χ4v) is 5.78. The SMILES string of the molecule is CC(C)(C)C1=CC2(C=C(C(C)(C)C)C1=O)Nc1ccccc1SC2c1ccc([N+](=O)[O-])cc1. The number of anilines is 1. The van der Waals surface area contributed by atoms with Gasteiger partial charge in [-0.2, -0.15) is 0 Å². The van der Waals surface area contributed by atoms with Crippen LogP contribution in [0.5, 0.6) is 0 Å². The lowest BCUT2D eigenvalue weighted by Crippen LogP contribution is -2.47. The fourth-order valence-electron chi connectivity index (χ4n) is 4.44. The van der Waals surface area contributed by atoms with Gasteiger partial charge in [0.2, 0.25) is 0 Å². The van der Waals surface area contributed by atoms with Gasteiger partial charge in [-0.05, 0) is 40.7 Å². The molecule has 0 radical (unpaired) electrons. The third kappa shape index (κ3) is 4.24. The van der Waals surface area contributed by atoms with E-state index in [0.717, 1.165) is 27.3 Å². The Balaban J connectivity index is 1.97. The highest BCUT2D eigenvalue weighted by atomic mass is 32.2. The van der Waals surface area contributed by atoms with E-state index in [1.807, 2.05) is 24.3 Å². The molecule has 1 heterocycles. The van der Waals surface area contributed by atoms with Crippen molar-refractivity contribution >= 4 is 28.9 Å². The second-order valence-corrected chi connectivity index (χ2v) is 12.0. The first-order valence-corrected chi connectivity index (χ1v) is 12.0. The van der Waals surface area contributed by atoms with E-state index in [4.69, 9.17) is 0 Å². The number of fused-ring (bicyclic) bond motifs is 1. The van der Waals surface area contributed by atoms with Crippen molar-refractivity contribution in [2.75, 3.05) is 5.32 Å². The lowest BCUT2D eigenvalue weighted by Gasteiger charge is -2.47. The highest BCUT2D eigenvalue weighted by Gasteiger charge is 2.48. The number of hydrogen-bond donors (Lipinski definition) is 1. The van der Waals surface area contributed by atoms with Crippen LogP contribution in [0.2, 0.25) is 0 Å². The predicted molar refractivity (Wildman–Crippen MR) is 135 cm³/mol. The molecule has 1 N–H and O–H groups in total. The molecule has 1 aliphatic heterocycles. The zero-order chi connectivity index (χ0) is 24.2. The topological polar surface area (TPSA) is 72.2 Å². The molecule has 1 spiro atoms. The molecule has 0 saturated heterocycles. The molecular weight excluding hydrogens is 432 g/mol. The summed E-state index contributed by atoms with van der Waals surface area (Å²) in [7, 11) is 0. The summed E-state index contributed by atoms with van der Waals surface area (Å²) >= 11 is 1.72. The average Bonchev–Trinajstić information content (AvgIpc) is 2.73. The molecule has 0 fully saturated rings. The molecule has 33 heavy (non-hydrogen) atoms. The molecule has 0 aromatic heterocycles. The number of nitrogens with zero attached hydrogens (tertiary/aromatic N) is 1. The van der Waals surface area contributed by atoms with E-state index in [-0.39, 0.29) is 32.5 Å². The maximum absolute atomic E-state index is 13.6. The van der Waals surface area contributed by atoms with Gasteiger partial charge in [-0.15, -0.1) is 11.8 Å². The fraction of sp³-hybridized carbons (Fsp3) is 0.370. The van der Waals surface area contributed by atoms with Crippen LogP contribution < -0.4 is 5.32 Å². The number of Topliss-reactive ketones (excluding diaryl/α,β-unsaturated/α-hetero) is 1. The van der Waals surface area contributed by atoms with Crippen LogP contribution in [0.15, 0.2) is 76.7 Å². The van der Waals surface area contributed by atoms with Gasteiger partial charge in [0.1, 0.15) is 0 Å². The van der Waals surface area contributed by atoms with E-state index in [9.17, 15) is 14.9 Å². The summed E-state index contributed by atoms with van der Waals surface area (Å²) < 4.78 is 0. The molecule has 2 aliphatic rings. The maximum atomic E-state index is 13.6. The van der Waals surface area contributed by atoms with Crippen LogP contribution in [-0.4, -0.2) is 16.2 Å². The minimum absolute atomic E-state index is 0.0673. The van der Waals surface area contributed by atoms with Gasteiger partial charge in [0.05, 0.1) is 15.7 Å². The van der Waals surface area contributed by atoms with Gasteiger partial charge in [0.15, 0.2) is 5.78 Å². The van der Waals surface area contributed by atoms with Gasteiger partial charge < -0.3 is 5.32 Å². The summed E-state index contributed by atoms with van der Waals surface area (Å²) in [5.74, 6) is 0.0914. The van der Waals surface area contributed by atoms with Crippen LogP contribution in [0.4, 0.5) is 11.4 Å². The van der Waals surface area contributed by atoms with Crippen molar-refractivity contribution in [3.63, 3.8) is 0 Å². The molecule has 2 aromatic rings. The Morgan fingerprint density at radius 1 is 0.909 bits per heavy atom. The van der Waals surface area contributed by atoms with Crippen LogP contribution in [0, 0.1) is 20.9 Å². The average molecular weight is 463 g/mol. The summed E-state index contributed by atoms with van der Waals surface area (Å²) in [6.45, 7) is 12.4. The van der Waals surface area contributed by atoms with Crippen LogP contribution in [0.3, 0.4) is 0 Å². The van der Waals surface area contributed by atoms with Gasteiger partial charge >= 0.3 is 0 Å². The van der Waals surface area contributed by atoms with Gasteiger partial charge in [0, 0.05) is 33.9 Å². The maximum Gasteiger partial charge on any atom is 0.269 e. The standard InChI is InChI=1S/C27H30N2O3S/c1-25(2,3)19-15-27(16-20(23(19)30)26(4,5)6)24(17-11-13-18(14-12-17)29(31)32)33-22-10-8-7-9-21(22)28-27/h7-16,24,28H,1-6H3. The van der Waals surface area contributed by atoms with Crippen molar-refractivity contribution < 1.29 is 9.72 Å². The zero-order valence-corrected chi connectivity index (χ0v) is 20.7. The molecule has 0 bridgehead atoms. The van der Waals surface area contributed by atoms with Crippen molar-refractivity contribution in [1.82, 2.24) is 0 Å². The Hall–Kier alpha value is -2.86. The van der Waals surface area contributed by atoms with Crippen molar-refractivity contribution in [3.8, 4) is 0 Å². The molecule has 5 nitrogen and oxygen atoms in total. The molecule has 6 heteroatoms. The smallest absolute Gasteiger partial charge is 0.269 e. The number of nitrogens with one attached hydrogen (secondary N) is 1. The number of thioether (sulfide) groups is 1. The first-order valence-electron chi connectivity index (χ1n) is 11.1. The molecule has 1 aliphatic carbocycles. The van der Waals surface area contributed by atoms with Crippen LogP contribution >= 0.6 is 11.8 Å². The van der Waals surface area contributed by atoms with Gasteiger partial charge in [-0.1, -0.05) is 65.8 Å². The third-order valence-electron chi connectivity index (χ3n) is 6.20. The molecule has 2 aromatic carbocycles. The Bertz CT molecular complexity index is 1150. The number of nitro groups is 1. The van der Waals surface area contributed by atoms with E-state index in [1.165, 1.54) is 0 Å². The number of benzene rings is 2. The quantitative estimate of drug-likeness (QED) is 0.380. The number of ketones is 1. The molecule has 1 atom stereocenters. The minimum atomic E-state index is -0.658. The molecule has 0 saturated carbocycles. The number of hydrogen-bond acceptors (Lipinski definition) is 5. The molecule has 1 unspecified atom stereocenters. The van der Waals surface area contributed by atoms with Gasteiger partial charge in [-0.3, -0.25) is 14.9 Å². The Morgan fingerprint density at radius 2 is 1.45 bits per heavy atom. The second-order valence-electron chi connectivity index (χ2n) is 10.8. The van der Waals surface area contributed by atoms with Gasteiger partial charge in [0.25, 0.3) is 5.69 Å². The van der Waals surface area contributed by atoms with Crippen LogP contribution in [0.1, 0.15) is 52.4 Å². The van der Waals surface area contributed by atoms with Crippen molar-refractivity contribution in [2.24, 2.45) is 10.8 Å². The number of carbonyl (C=O) groups is 1. The predicted octanol–water partition coefficient (Wildman–Crippen LogP) is 7.12. The number of rotatable bonds is 2. The van der Waals surface area contributed by atoms with E-state index in [0.29, 0.717) is 0 Å². The summed E-state index contributed by atoms with van der Waals surface area (Å²) in [4.78, 5) is 25.6. The molecule has 172 valence electrons. The number of allylic oxidation sites excluding steroid dienone is 2. The van der Waals surface area contributed by atoms with Crippen molar-refractivity contribution in [1.29, 1.82) is 0 Å². The van der Waals surface area contributed by atoms with E-state index >= 15 is 0 Å². The lowest BCUT2D eigenvalue weighted by molar-refractivity contribution is -0.384. The monoisotopic (exact) mass is 462 g/mol. The summed E-state index contributed by atoms with van der Waals surface area (Å²) in [6.07, 6.45) is 4.19. The molecule has 4 rings (SSSR count). The normalized spacial score (nSPS) is 19.9. The highest BCUT2D eigenvalue weighted by Crippen LogP contribution is 2.55. The van der Waals surface area contributed by atoms with Crippen molar-refractivity contribution in [3.05, 3.63) is 87.5 Å². The van der Waals surface area contributed by atoms with E-state index < -0.39 is 5.54 Å². The van der Waals surface area contributed by atoms with E-state index in [2.05, 4.69) is 71.1 Å². The van der Waals surface area contributed by atoms with Crippen LogP contribution in [-0.2, 0) is 4.79 Å². The van der Waals surface area contributed by atoms with Crippen LogP contribution in [0.25, 0.3) is 0 Å². The highest BCUT2D eigenvalue weighted by molar-refractivity contribution is 7.99. The number of carbonyl (C=O) groups excluding carboxylic acids is 1. The first-order chi connectivity index (χ1) is 15.3. The zero-order valence-electron chi connectivity index (χ0n) is 19.9. The second kappa shape index (κ2) is 7.87. The Labute approximate surface area is 199 Å². The lowest BCUT2D eigenvalue weighted by atomic mass is 9.67. The summed E-state index contributed by atoms with van der Waals surface area (Å²) in [6, 6.07) is 14.9. The number of non-ortho nitro benzene ring substituents is 1. The minimum Gasteiger partial charge on any atom is -0.370 e. The molecular formula is C27H30N2O3S. The number of para-hydroxylation sites is 1. The Morgan fingerprint density at radius 3 is 1.97 bits per heavy atom. The molecule has 0 amide bonds. The third-order valence-corrected chi connectivity index (χ3v) is 7.70. The number of nitro benzene ring substituents is 1. The largest absolute Gasteiger partial charge is 0.370 e. The van der Waals surface area contributed by atoms with E-state index in [1.54, 1.807) is 23.9 Å². The van der Waals surface area contributed by atoms with Crippen molar-refractivity contribution in [2.45, 2.75) is 57.2 Å². The van der Waals surface area contributed by atoms with Gasteiger partial charge in [-0.25, -0.2) is 0 Å².